The molecule has 1 aromatic rings. The Morgan fingerprint density at radius 1 is 1.44 bits per heavy atom. The van der Waals surface area contributed by atoms with Crippen molar-refractivity contribution in [2.24, 2.45) is 11.7 Å². The predicted octanol–water partition coefficient (Wildman–Crippen LogP) is 1.34. The van der Waals surface area contributed by atoms with Crippen LogP contribution in [0.15, 0.2) is 24.3 Å². The molecule has 0 unspecified atom stereocenters. The first-order chi connectivity index (χ1) is 8.61. The zero-order chi connectivity index (χ0) is 13.4. The van der Waals surface area contributed by atoms with Crippen LogP contribution in [0.4, 0.5) is 0 Å². The fraction of sp³-hybridized carbons (Fsp3) is 0.500. The molecule has 1 aromatic carbocycles. The van der Waals surface area contributed by atoms with E-state index >= 15 is 0 Å². The molecule has 0 heterocycles. The average molecular weight is 250 g/mol. The predicted molar refractivity (Wildman–Crippen MR) is 72.5 cm³/mol. The number of rotatable bonds is 7. The van der Waals surface area contributed by atoms with Gasteiger partial charge in [0.2, 0.25) is 0 Å². The van der Waals surface area contributed by atoms with Crippen molar-refractivity contribution in [2.45, 2.75) is 20.3 Å². The third-order valence-electron chi connectivity index (χ3n) is 2.41. The fourth-order valence-electron chi connectivity index (χ4n) is 1.48. The fourth-order valence-corrected chi connectivity index (χ4v) is 1.48. The quantitative estimate of drug-likeness (QED) is 0.767. The Morgan fingerprint density at radius 2 is 2.22 bits per heavy atom. The highest BCUT2D eigenvalue weighted by Crippen LogP contribution is 2.13. The number of ether oxygens (including phenoxy) is 1. The molecule has 0 saturated heterocycles. The van der Waals surface area contributed by atoms with E-state index in [2.05, 4.69) is 19.2 Å². The van der Waals surface area contributed by atoms with Crippen molar-refractivity contribution in [3.05, 3.63) is 29.8 Å². The molecule has 0 spiro atoms. The lowest BCUT2D eigenvalue weighted by molar-refractivity contribution is -0.123. The Balaban J connectivity index is 2.38. The largest absolute Gasteiger partial charge is 0.484 e. The highest BCUT2D eigenvalue weighted by Gasteiger charge is 2.03. The van der Waals surface area contributed by atoms with Crippen LogP contribution in [-0.2, 0) is 11.2 Å². The SMILES string of the molecule is CC(C)CNC(=O)COc1cccc(CCN)c1. The molecular formula is C14H22N2O2. The first-order valence-corrected chi connectivity index (χ1v) is 6.30. The van der Waals surface area contributed by atoms with Gasteiger partial charge in [-0.25, -0.2) is 0 Å². The third-order valence-corrected chi connectivity index (χ3v) is 2.41. The van der Waals surface area contributed by atoms with Gasteiger partial charge in [-0.05, 0) is 36.6 Å². The van der Waals surface area contributed by atoms with Crippen LogP contribution in [-0.4, -0.2) is 25.6 Å². The summed E-state index contributed by atoms with van der Waals surface area (Å²) < 4.78 is 5.43. The Kier molecular flexibility index (Phi) is 6.22. The topological polar surface area (TPSA) is 64.3 Å². The summed E-state index contributed by atoms with van der Waals surface area (Å²) in [5.74, 6) is 1.07. The molecule has 1 rings (SSSR count). The van der Waals surface area contributed by atoms with Crippen LogP contribution in [0.3, 0.4) is 0 Å². The number of carbonyl (C=O) groups excluding carboxylic acids is 1. The molecular weight excluding hydrogens is 228 g/mol. The second-order valence-corrected chi connectivity index (χ2v) is 4.67. The molecule has 100 valence electrons. The molecule has 0 fully saturated rings. The standard InChI is InChI=1S/C14H22N2O2/c1-11(2)9-16-14(17)10-18-13-5-3-4-12(8-13)6-7-15/h3-5,8,11H,6-7,9-10,15H2,1-2H3,(H,16,17). The van der Waals surface area contributed by atoms with E-state index in [1.54, 1.807) is 0 Å². The van der Waals surface area contributed by atoms with Crippen LogP contribution in [0.25, 0.3) is 0 Å². The van der Waals surface area contributed by atoms with Gasteiger partial charge in [-0.2, -0.15) is 0 Å². The molecule has 0 aliphatic rings. The Labute approximate surface area is 109 Å². The Hall–Kier alpha value is -1.55. The molecule has 3 N–H and O–H groups in total. The van der Waals surface area contributed by atoms with Crippen LogP contribution in [0.1, 0.15) is 19.4 Å². The average Bonchev–Trinajstić information content (AvgIpc) is 2.35. The number of hydrogen-bond donors (Lipinski definition) is 2. The van der Waals surface area contributed by atoms with Crippen molar-refractivity contribution in [1.82, 2.24) is 5.32 Å². The van der Waals surface area contributed by atoms with Gasteiger partial charge < -0.3 is 15.8 Å². The smallest absolute Gasteiger partial charge is 0.257 e. The number of carbonyl (C=O) groups is 1. The first kappa shape index (κ1) is 14.5. The zero-order valence-corrected chi connectivity index (χ0v) is 11.1. The molecule has 1 amide bonds. The number of amides is 1. The summed E-state index contributed by atoms with van der Waals surface area (Å²) in [4.78, 5) is 11.5. The third kappa shape index (κ3) is 5.68. The lowest BCUT2D eigenvalue weighted by atomic mass is 10.1. The maximum Gasteiger partial charge on any atom is 0.257 e. The summed E-state index contributed by atoms with van der Waals surface area (Å²) >= 11 is 0. The lowest BCUT2D eigenvalue weighted by Gasteiger charge is -2.09. The Morgan fingerprint density at radius 3 is 2.89 bits per heavy atom. The van der Waals surface area contributed by atoms with Gasteiger partial charge in [-0.3, -0.25) is 4.79 Å². The molecule has 4 heteroatoms. The summed E-state index contributed by atoms with van der Waals surface area (Å²) in [6.45, 7) is 5.45. The van der Waals surface area contributed by atoms with Gasteiger partial charge in [0, 0.05) is 6.54 Å². The number of benzene rings is 1. The van der Waals surface area contributed by atoms with Crippen molar-refractivity contribution in [3.8, 4) is 5.75 Å². The molecule has 18 heavy (non-hydrogen) atoms. The molecule has 0 saturated carbocycles. The van der Waals surface area contributed by atoms with E-state index in [4.69, 9.17) is 10.5 Å². The van der Waals surface area contributed by atoms with Crippen molar-refractivity contribution in [1.29, 1.82) is 0 Å². The first-order valence-electron chi connectivity index (χ1n) is 6.30. The van der Waals surface area contributed by atoms with Gasteiger partial charge in [-0.1, -0.05) is 26.0 Å². The van der Waals surface area contributed by atoms with E-state index < -0.39 is 0 Å². The van der Waals surface area contributed by atoms with E-state index in [9.17, 15) is 4.79 Å². The van der Waals surface area contributed by atoms with Crippen LogP contribution in [0.2, 0.25) is 0 Å². The monoisotopic (exact) mass is 250 g/mol. The maximum atomic E-state index is 11.5. The number of nitrogens with one attached hydrogen (secondary N) is 1. The van der Waals surface area contributed by atoms with Crippen LogP contribution < -0.4 is 15.8 Å². The van der Waals surface area contributed by atoms with Crippen molar-refractivity contribution < 1.29 is 9.53 Å². The Bertz CT molecular complexity index is 378. The van der Waals surface area contributed by atoms with E-state index in [1.807, 2.05) is 24.3 Å². The molecule has 0 aliphatic carbocycles. The van der Waals surface area contributed by atoms with Gasteiger partial charge in [-0.15, -0.1) is 0 Å². The van der Waals surface area contributed by atoms with Crippen molar-refractivity contribution in [3.63, 3.8) is 0 Å². The number of hydrogen-bond acceptors (Lipinski definition) is 3. The summed E-state index contributed by atoms with van der Waals surface area (Å²) in [6.07, 6.45) is 0.816. The highest BCUT2D eigenvalue weighted by molar-refractivity contribution is 5.77. The van der Waals surface area contributed by atoms with Crippen molar-refractivity contribution in [2.75, 3.05) is 19.7 Å². The van der Waals surface area contributed by atoms with Crippen LogP contribution in [0.5, 0.6) is 5.75 Å². The second-order valence-electron chi connectivity index (χ2n) is 4.67. The summed E-state index contributed by atoms with van der Waals surface area (Å²) in [5, 5.41) is 2.81. The number of nitrogens with two attached hydrogens (primary N) is 1. The molecule has 0 bridgehead atoms. The minimum atomic E-state index is -0.0899. The van der Waals surface area contributed by atoms with Gasteiger partial charge in [0.15, 0.2) is 6.61 Å². The second kappa shape index (κ2) is 7.71. The maximum absolute atomic E-state index is 11.5. The normalized spacial score (nSPS) is 10.4. The van der Waals surface area contributed by atoms with E-state index in [-0.39, 0.29) is 12.5 Å². The van der Waals surface area contributed by atoms with E-state index in [1.165, 1.54) is 0 Å². The van der Waals surface area contributed by atoms with Crippen molar-refractivity contribution >= 4 is 5.91 Å². The molecule has 0 aromatic heterocycles. The van der Waals surface area contributed by atoms with E-state index in [0.29, 0.717) is 24.8 Å². The van der Waals surface area contributed by atoms with Gasteiger partial charge >= 0.3 is 0 Å². The molecule has 0 aliphatic heterocycles. The van der Waals surface area contributed by atoms with Gasteiger partial charge in [0.05, 0.1) is 0 Å². The summed E-state index contributed by atoms with van der Waals surface area (Å²) in [6, 6.07) is 7.67. The molecule has 0 atom stereocenters. The van der Waals surface area contributed by atoms with Gasteiger partial charge in [0.25, 0.3) is 5.91 Å². The van der Waals surface area contributed by atoms with Crippen LogP contribution >= 0.6 is 0 Å². The molecule has 0 radical (unpaired) electrons. The van der Waals surface area contributed by atoms with Gasteiger partial charge in [0.1, 0.15) is 5.75 Å². The summed E-state index contributed by atoms with van der Waals surface area (Å²) in [7, 11) is 0. The van der Waals surface area contributed by atoms with Crippen LogP contribution in [0, 0.1) is 5.92 Å². The highest BCUT2D eigenvalue weighted by atomic mass is 16.5. The zero-order valence-electron chi connectivity index (χ0n) is 11.1. The minimum absolute atomic E-state index is 0.0544. The lowest BCUT2D eigenvalue weighted by Crippen LogP contribution is -2.31. The summed E-state index contributed by atoms with van der Waals surface area (Å²) in [5.41, 5.74) is 6.62. The molecule has 4 nitrogen and oxygen atoms in total. The van der Waals surface area contributed by atoms with E-state index in [0.717, 1.165) is 12.0 Å². The minimum Gasteiger partial charge on any atom is -0.484 e.